The van der Waals surface area contributed by atoms with Crippen molar-refractivity contribution in [2.24, 2.45) is 0 Å². The van der Waals surface area contributed by atoms with Crippen LogP contribution < -0.4 is 0 Å². The Morgan fingerprint density at radius 2 is 2.06 bits per heavy atom. The minimum Gasteiger partial charge on any atom is -0.360 e. The average Bonchev–Trinajstić information content (AvgIpc) is 2.33. The van der Waals surface area contributed by atoms with E-state index in [-0.39, 0.29) is 16.7 Å². The third kappa shape index (κ3) is 2.53. The van der Waals surface area contributed by atoms with Crippen LogP contribution in [0.4, 0.5) is 0 Å². The first-order valence-corrected chi connectivity index (χ1v) is 5.51. The fourth-order valence-corrected chi connectivity index (χ4v) is 1.89. The van der Waals surface area contributed by atoms with E-state index in [1.54, 1.807) is 12.2 Å². The van der Waals surface area contributed by atoms with Crippen molar-refractivity contribution in [1.82, 2.24) is 4.90 Å². The van der Waals surface area contributed by atoms with E-state index >= 15 is 0 Å². The molecule has 1 aliphatic rings. The Labute approximate surface area is 100 Å². The van der Waals surface area contributed by atoms with Gasteiger partial charge in [-0.1, -0.05) is 30.3 Å². The Morgan fingerprint density at radius 1 is 1.35 bits per heavy atom. The lowest BCUT2D eigenvalue weighted by atomic mass is 10.1. The maximum absolute atomic E-state index is 10.8. The summed E-state index contributed by atoms with van der Waals surface area (Å²) in [4.78, 5) is 12.5. The van der Waals surface area contributed by atoms with Gasteiger partial charge in [0.05, 0.1) is 4.92 Å². The number of nitro groups is 1. The van der Waals surface area contributed by atoms with Crippen molar-refractivity contribution in [3.8, 4) is 0 Å². The zero-order chi connectivity index (χ0) is 12.3. The quantitative estimate of drug-likeness (QED) is 0.592. The first kappa shape index (κ1) is 11.4. The van der Waals surface area contributed by atoms with Crippen molar-refractivity contribution in [3.05, 3.63) is 70.1 Å². The maximum atomic E-state index is 10.8. The van der Waals surface area contributed by atoms with Crippen LogP contribution in [0.15, 0.2) is 54.4 Å². The van der Waals surface area contributed by atoms with Crippen molar-refractivity contribution < 1.29 is 4.92 Å². The van der Waals surface area contributed by atoms with Gasteiger partial charge in [0, 0.05) is 18.8 Å². The molecule has 17 heavy (non-hydrogen) atoms. The van der Waals surface area contributed by atoms with E-state index in [1.807, 2.05) is 48.4 Å². The highest BCUT2D eigenvalue weighted by Gasteiger charge is 2.26. The summed E-state index contributed by atoms with van der Waals surface area (Å²) in [5, 5.41) is 10.8. The third-order valence-electron chi connectivity index (χ3n) is 2.89. The zero-order valence-corrected chi connectivity index (χ0v) is 9.61. The average molecular weight is 230 g/mol. The fourth-order valence-electron chi connectivity index (χ4n) is 1.89. The van der Waals surface area contributed by atoms with Crippen molar-refractivity contribution in [2.75, 3.05) is 0 Å². The normalized spacial score (nSPS) is 19.0. The second-order valence-electron chi connectivity index (χ2n) is 4.02. The molecule has 0 aromatic heterocycles. The van der Waals surface area contributed by atoms with Crippen LogP contribution in [-0.4, -0.2) is 15.9 Å². The molecule has 1 aromatic rings. The van der Waals surface area contributed by atoms with E-state index in [1.165, 1.54) is 0 Å². The van der Waals surface area contributed by atoms with Crippen LogP contribution >= 0.6 is 0 Å². The zero-order valence-electron chi connectivity index (χ0n) is 9.61. The number of allylic oxidation sites excluding steroid dienone is 2. The molecule has 4 nitrogen and oxygen atoms in total. The molecule has 0 radical (unpaired) electrons. The lowest BCUT2D eigenvalue weighted by Gasteiger charge is -2.27. The van der Waals surface area contributed by atoms with Crippen LogP contribution in [0.3, 0.4) is 0 Å². The molecule has 4 heteroatoms. The number of nitrogens with zero attached hydrogens (tertiary/aromatic N) is 2. The van der Waals surface area contributed by atoms with Gasteiger partial charge in [-0.3, -0.25) is 10.1 Å². The smallest absolute Gasteiger partial charge is 0.268 e. The lowest BCUT2D eigenvalue weighted by Crippen LogP contribution is -2.33. The fraction of sp³-hybridized carbons (Fsp3) is 0.231. The molecule has 0 fully saturated rings. The molecule has 2 rings (SSSR count). The van der Waals surface area contributed by atoms with Gasteiger partial charge in [-0.05, 0) is 18.6 Å². The van der Waals surface area contributed by atoms with Gasteiger partial charge >= 0.3 is 0 Å². The van der Waals surface area contributed by atoms with E-state index in [0.29, 0.717) is 6.54 Å². The van der Waals surface area contributed by atoms with Gasteiger partial charge < -0.3 is 4.90 Å². The Kier molecular flexibility index (Phi) is 3.23. The molecule has 0 bridgehead atoms. The van der Waals surface area contributed by atoms with Crippen molar-refractivity contribution in [2.45, 2.75) is 19.5 Å². The number of hydrogen-bond acceptors (Lipinski definition) is 3. The van der Waals surface area contributed by atoms with E-state index in [0.717, 1.165) is 5.56 Å². The van der Waals surface area contributed by atoms with Crippen molar-refractivity contribution in [1.29, 1.82) is 0 Å². The van der Waals surface area contributed by atoms with Crippen LogP contribution in [0.1, 0.15) is 12.5 Å². The molecular formula is C13H14N2O2. The summed E-state index contributed by atoms with van der Waals surface area (Å²) < 4.78 is 0. The highest BCUT2D eigenvalue weighted by molar-refractivity contribution is 5.20. The largest absolute Gasteiger partial charge is 0.360 e. The van der Waals surface area contributed by atoms with Gasteiger partial charge in [-0.25, -0.2) is 0 Å². The molecule has 1 unspecified atom stereocenters. The molecule has 1 atom stereocenters. The van der Waals surface area contributed by atoms with E-state index < -0.39 is 0 Å². The highest BCUT2D eigenvalue weighted by atomic mass is 16.6. The molecule has 0 saturated heterocycles. The molecule has 1 aromatic carbocycles. The van der Waals surface area contributed by atoms with Crippen LogP contribution in [0, 0.1) is 10.1 Å². The molecular weight excluding hydrogens is 216 g/mol. The van der Waals surface area contributed by atoms with Gasteiger partial charge in [0.15, 0.2) is 0 Å². The van der Waals surface area contributed by atoms with Gasteiger partial charge in [-0.2, -0.15) is 0 Å². The van der Waals surface area contributed by atoms with Crippen LogP contribution in [0.25, 0.3) is 0 Å². The molecule has 1 heterocycles. The Hall–Kier alpha value is -2.10. The summed E-state index contributed by atoms with van der Waals surface area (Å²) in [5.41, 5.74) is 1.39. The third-order valence-corrected chi connectivity index (χ3v) is 2.89. The summed E-state index contributed by atoms with van der Waals surface area (Å²) in [5.74, 6) is 0. The van der Waals surface area contributed by atoms with Crippen LogP contribution in [0.2, 0.25) is 0 Å². The SMILES string of the molecule is CC1C([N+](=O)[O-])=CC=CN1Cc1ccccc1. The standard InChI is InChI=1S/C13H14N2O2/c1-11-13(15(16)17)8-5-9-14(11)10-12-6-3-2-4-7-12/h2-9,11H,10H2,1H3. The highest BCUT2D eigenvalue weighted by Crippen LogP contribution is 2.19. The molecule has 0 saturated carbocycles. The minimum atomic E-state index is -0.313. The topological polar surface area (TPSA) is 46.4 Å². The predicted octanol–water partition coefficient (Wildman–Crippen LogP) is 2.57. The van der Waals surface area contributed by atoms with Crippen molar-refractivity contribution in [3.63, 3.8) is 0 Å². The predicted molar refractivity (Wildman–Crippen MR) is 65.7 cm³/mol. The minimum absolute atomic E-state index is 0.199. The summed E-state index contributed by atoms with van der Waals surface area (Å²) in [6.07, 6.45) is 5.18. The molecule has 0 aliphatic carbocycles. The Bertz CT molecular complexity index is 466. The summed E-state index contributed by atoms with van der Waals surface area (Å²) in [6.45, 7) is 2.53. The second kappa shape index (κ2) is 4.82. The van der Waals surface area contributed by atoms with Gasteiger partial charge in [0.25, 0.3) is 5.70 Å². The first-order chi connectivity index (χ1) is 8.18. The van der Waals surface area contributed by atoms with Gasteiger partial charge in [0.2, 0.25) is 0 Å². The van der Waals surface area contributed by atoms with Gasteiger partial charge in [-0.15, -0.1) is 0 Å². The monoisotopic (exact) mass is 230 g/mol. The molecule has 88 valence electrons. The van der Waals surface area contributed by atoms with Crippen LogP contribution in [-0.2, 0) is 6.54 Å². The van der Waals surface area contributed by atoms with Crippen LogP contribution in [0.5, 0.6) is 0 Å². The maximum Gasteiger partial charge on any atom is 0.268 e. The summed E-state index contributed by atoms with van der Waals surface area (Å²) >= 11 is 0. The first-order valence-electron chi connectivity index (χ1n) is 5.51. The van der Waals surface area contributed by atoms with E-state index in [2.05, 4.69) is 0 Å². The number of benzene rings is 1. The Morgan fingerprint density at radius 3 is 2.71 bits per heavy atom. The summed E-state index contributed by atoms with van der Waals surface area (Å²) in [6, 6.07) is 9.74. The van der Waals surface area contributed by atoms with Crippen molar-refractivity contribution >= 4 is 0 Å². The van der Waals surface area contributed by atoms with E-state index in [9.17, 15) is 10.1 Å². The molecule has 0 amide bonds. The Balaban J connectivity index is 2.12. The molecule has 1 aliphatic heterocycles. The number of hydrogen-bond donors (Lipinski definition) is 0. The second-order valence-corrected chi connectivity index (χ2v) is 4.02. The molecule has 0 spiro atoms. The summed E-state index contributed by atoms with van der Waals surface area (Å²) in [7, 11) is 0. The van der Waals surface area contributed by atoms with E-state index in [4.69, 9.17) is 0 Å². The molecule has 0 N–H and O–H groups in total. The van der Waals surface area contributed by atoms with Gasteiger partial charge in [0.1, 0.15) is 6.04 Å². The lowest BCUT2D eigenvalue weighted by molar-refractivity contribution is -0.432. The number of rotatable bonds is 3.